The molecule has 2 atom stereocenters. The Labute approximate surface area is 100 Å². The zero-order chi connectivity index (χ0) is 12.6. The van der Waals surface area contributed by atoms with Crippen LogP contribution in [0.5, 0.6) is 0 Å². The van der Waals surface area contributed by atoms with E-state index in [1.165, 1.54) is 6.42 Å². The van der Waals surface area contributed by atoms with Gasteiger partial charge in [0.1, 0.15) is 0 Å². The Balaban J connectivity index is 3.69. The molecule has 0 heterocycles. The standard InChI is InChI=1S/C13H28N2O/c1-6-14-12(5)9-13(16)15-11(4)8-7-10(2)3/h10-12,14H,6-9H2,1-5H3,(H,15,16). The first-order valence-electron chi connectivity index (χ1n) is 6.48. The molecule has 0 bridgehead atoms. The van der Waals surface area contributed by atoms with Gasteiger partial charge in [-0.05, 0) is 39.2 Å². The molecular formula is C13H28N2O. The van der Waals surface area contributed by atoms with Gasteiger partial charge >= 0.3 is 0 Å². The SMILES string of the molecule is CCNC(C)CC(=O)NC(C)CCC(C)C. The maximum absolute atomic E-state index is 11.6. The van der Waals surface area contributed by atoms with Crippen LogP contribution in [0.2, 0.25) is 0 Å². The molecule has 1 amide bonds. The van der Waals surface area contributed by atoms with E-state index in [-0.39, 0.29) is 11.9 Å². The molecule has 3 heteroatoms. The third-order valence-corrected chi connectivity index (χ3v) is 2.63. The van der Waals surface area contributed by atoms with Crippen LogP contribution in [0.1, 0.15) is 53.9 Å². The first kappa shape index (κ1) is 15.4. The first-order valence-corrected chi connectivity index (χ1v) is 6.48. The molecular weight excluding hydrogens is 200 g/mol. The van der Waals surface area contributed by atoms with Gasteiger partial charge in [-0.3, -0.25) is 4.79 Å². The van der Waals surface area contributed by atoms with Gasteiger partial charge in [0.05, 0.1) is 0 Å². The van der Waals surface area contributed by atoms with Crippen LogP contribution in [0.3, 0.4) is 0 Å². The Hall–Kier alpha value is -0.570. The molecule has 0 radical (unpaired) electrons. The lowest BCUT2D eigenvalue weighted by Crippen LogP contribution is -2.37. The lowest BCUT2D eigenvalue weighted by Gasteiger charge is -2.17. The maximum Gasteiger partial charge on any atom is 0.221 e. The summed E-state index contributed by atoms with van der Waals surface area (Å²) >= 11 is 0. The normalized spacial score (nSPS) is 14.9. The van der Waals surface area contributed by atoms with E-state index in [1.54, 1.807) is 0 Å². The van der Waals surface area contributed by atoms with Crippen molar-refractivity contribution in [1.82, 2.24) is 10.6 Å². The fourth-order valence-electron chi connectivity index (χ4n) is 1.69. The zero-order valence-electron chi connectivity index (χ0n) is 11.5. The van der Waals surface area contributed by atoms with Crippen LogP contribution >= 0.6 is 0 Å². The fourth-order valence-corrected chi connectivity index (χ4v) is 1.69. The molecule has 0 aliphatic rings. The monoisotopic (exact) mass is 228 g/mol. The summed E-state index contributed by atoms with van der Waals surface area (Å²) in [7, 11) is 0. The molecule has 0 spiro atoms. The van der Waals surface area contributed by atoms with Gasteiger partial charge in [-0.2, -0.15) is 0 Å². The highest BCUT2D eigenvalue weighted by Gasteiger charge is 2.11. The van der Waals surface area contributed by atoms with E-state index in [9.17, 15) is 4.79 Å². The van der Waals surface area contributed by atoms with Crippen LogP contribution < -0.4 is 10.6 Å². The highest BCUT2D eigenvalue weighted by Crippen LogP contribution is 2.06. The Kier molecular flexibility index (Phi) is 8.26. The van der Waals surface area contributed by atoms with Crippen LogP contribution in [0.15, 0.2) is 0 Å². The van der Waals surface area contributed by atoms with Crippen LogP contribution in [0, 0.1) is 5.92 Å². The second-order valence-corrected chi connectivity index (χ2v) is 5.10. The Bertz CT molecular complexity index is 192. The van der Waals surface area contributed by atoms with Crippen LogP contribution in [-0.2, 0) is 4.79 Å². The predicted molar refractivity (Wildman–Crippen MR) is 69.4 cm³/mol. The number of nitrogens with one attached hydrogen (secondary N) is 2. The topological polar surface area (TPSA) is 41.1 Å². The molecule has 0 aromatic rings. The van der Waals surface area contributed by atoms with Crippen molar-refractivity contribution in [1.29, 1.82) is 0 Å². The molecule has 0 saturated heterocycles. The minimum atomic E-state index is 0.157. The van der Waals surface area contributed by atoms with E-state index in [4.69, 9.17) is 0 Å². The van der Waals surface area contributed by atoms with E-state index in [0.717, 1.165) is 13.0 Å². The number of carbonyl (C=O) groups is 1. The summed E-state index contributed by atoms with van der Waals surface area (Å²) in [6.07, 6.45) is 2.81. The maximum atomic E-state index is 11.6. The van der Waals surface area contributed by atoms with Gasteiger partial charge < -0.3 is 10.6 Å². The minimum absolute atomic E-state index is 0.157. The molecule has 0 aliphatic carbocycles. The van der Waals surface area contributed by atoms with Crippen LogP contribution in [0.25, 0.3) is 0 Å². The molecule has 0 saturated carbocycles. The molecule has 0 aliphatic heterocycles. The number of carbonyl (C=O) groups excluding carboxylic acids is 1. The van der Waals surface area contributed by atoms with E-state index < -0.39 is 0 Å². The van der Waals surface area contributed by atoms with Gasteiger partial charge in [-0.15, -0.1) is 0 Å². The minimum Gasteiger partial charge on any atom is -0.354 e. The lowest BCUT2D eigenvalue weighted by atomic mass is 10.0. The number of hydrogen-bond acceptors (Lipinski definition) is 2. The highest BCUT2D eigenvalue weighted by atomic mass is 16.1. The molecule has 2 unspecified atom stereocenters. The number of hydrogen-bond donors (Lipinski definition) is 2. The summed E-state index contributed by atoms with van der Waals surface area (Å²) in [6, 6.07) is 0.561. The van der Waals surface area contributed by atoms with E-state index in [1.807, 2.05) is 6.92 Å². The van der Waals surface area contributed by atoms with Crippen molar-refractivity contribution >= 4 is 5.91 Å². The van der Waals surface area contributed by atoms with Gasteiger partial charge in [0, 0.05) is 18.5 Å². The van der Waals surface area contributed by atoms with Gasteiger partial charge in [-0.1, -0.05) is 20.8 Å². The summed E-state index contributed by atoms with van der Waals surface area (Å²) in [6.45, 7) is 11.5. The largest absolute Gasteiger partial charge is 0.354 e. The smallest absolute Gasteiger partial charge is 0.221 e. The predicted octanol–water partition coefficient (Wildman–Crippen LogP) is 2.32. The van der Waals surface area contributed by atoms with Crippen molar-refractivity contribution in [2.75, 3.05) is 6.54 Å². The Morgan fingerprint density at radius 2 is 1.69 bits per heavy atom. The molecule has 96 valence electrons. The Morgan fingerprint density at radius 1 is 1.06 bits per heavy atom. The van der Waals surface area contributed by atoms with Crippen LogP contribution in [0.4, 0.5) is 0 Å². The lowest BCUT2D eigenvalue weighted by molar-refractivity contribution is -0.122. The van der Waals surface area contributed by atoms with Crippen molar-refractivity contribution in [3.8, 4) is 0 Å². The summed E-state index contributed by atoms with van der Waals surface area (Å²) in [4.78, 5) is 11.6. The summed E-state index contributed by atoms with van der Waals surface area (Å²) < 4.78 is 0. The molecule has 0 fully saturated rings. The molecule has 2 N–H and O–H groups in total. The second-order valence-electron chi connectivity index (χ2n) is 5.10. The number of rotatable bonds is 8. The first-order chi connectivity index (χ1) is 7.45. The van der Waals surface area contributed by atoms with Gasteiger partial charge in [0.15, 0.2) is 0 Å². The second kappa shape index (κ2) is 8.57. The van der Waals surface area contributed by atoms with E-state index in [2.05, 4.69) is 38.3 Å². The average molecular weight is 228 g/mol. The Morgan fingerprint density at radius 3 is 2.19 bits per heavy atom. The quantitative estimate of drug-likeness (QED) is 0.669. The van der Waals surface area contributed by atoms with Crippen molar-refractivity contribution < 1.29 is 4.79 Å². The molecule has 3 nitrogen and oxygen atoms in total. The molecule has 16 heavy (non-hydrogen) atoms. The van der Waals surface area contributed by atoms with E-state index >= 15 is 0 Å². The fraction of sp³-hybridized carbons (Fsp3) is 0.923. The van der Waals surface area contributed by atoms with Crippen LogP contribution in [-0.4, -0.2) is 24.5 Å². The summed E-state index contributed by atoms with van der Waals surface area (Å²) in [5.74, 6) is 0.865. The van der Waals surface area contributed by atoms with Crippen molar-refractivity contribution in [3.63, 3.8) is 0 Å². The average Bonchev–Trinajstić information content (AvgIpc) is 2.14. The third kappa shape index (κ3) is 8.72. The summed E-state index contributed by atoms with van der Waals surface area (Å²) in [5, 5.41) is 6.28. The molecule has 0 rings (SSSR count). The molecule has 0 aromatic carbocycles. The molecule has 0 aromatic heterocycles. The van der Waals surface area contributed by atoms with Crippen molar-refractivity contribution in [2.24, 2.45) is 5.92 Å². The van der Waals surface area contributed by atoms with Crippen molar-refractivity contribution in [3.05, 3.63) is 0 Å². The third-order valence-electron chi connectivity index (χ3n) is 2.63. The summed E-state index contributed by atoms with van der Waals surface area (Å²) in [5.41, 5.74) is 0. The van der Waals surface area contributed by atoms with Gasteiger partial charge in [-0.25, -0.2) is 0 Å². The highest BCUT2D eigenvalue weighted by molar-refractivity contribution is 5.76. The van der Waals surface area contributed by atoms with E-state index in [0.29, 0.717) is 18.4 Å². The van der Waals surface area contributed by atoms with Crippen molar-refractivity contribution in [2.45, 2.75) is 66.0 Å². The zero-order valence-corrected chi connectivity index (χ0v) is 11.5. The number of amides is 1. The van der Waals surface area contributed by atoms with Gasteiger partial charge in [0.25, 0.3) is 0 Å². The van der Waals surface area contributed by atoms with Gasteiger partial charge in [0.2, 0.25) is 5.91 Å².